The van der Waals surface area contributed by atoms with Crippen molar-refractivity contribution in [3.63, 3.8) is 0 Å². The van der Waals surface area contributed by atoms with Crippen molar-refractivity contribution in [1.82, 2.24) is 19.8 Å². The molecular weight excluding hydrogens is 352 g/mol. The van der Waals surface area contributed by atoms with Gasteiger partial charge in [-0.2, -0.15) is 0 Å². The molecule has 1 aromatic carbocycles. The minimum atomic E-state index is 0.0887. The van der Waals surface area contributed by atoms with Crippen LogP contribution in [0.25, 0.3) is 11.0 Å². The Balaban J connectivity index is 1.86. The van der Waals surface area contributed by atoms with Gasteiger partial charge in [0.1, 0.15) is 12.4 Å². The summed E-state index contributed by atoms with van der Waals surface area (Å²) in [5.41, 5.74) is 1.78. The number of hydrogen-bond acceptors (Lipinski definition) is 3. The first-order valence-corrected chi connectivity index (χ1v) is 10.5. The Morgan fingerprint density at radius 1 is 1.18 bits per heavy atom. The average Bonchev–Trinajstić information content (AvgIpc) is 3.49. The third-order valence-corrected chi connectivity index (χ3v) is 5.82. The Morgan fingerprint density at radius 2 is 1.82 bits per heavy atom. The lowest BCUT2D eigenvalue weighted by Gasteiger charge is -2.34. The van der Waals surface area contributed by atoms with Crippen LogP contribution in [0.3, 0.4) is 0 Å². The van der Waals surface area contributed by atoms with Gasteiger partial charge < -0.3 is 14.8 Å². The molecule has 1 aromatic heterocycles. The van der Waals surface area contributed by atoms with Gasteiger partial charge in [-0.05, 0) is 51.7 Å². The van der Waals surface area contributed by atoms with Crippen LogP contribution in [-0.2, 0) is 22.7 Å². The molecule has 0 radical (unpaired) electrons. The third kappa shape index (κ3) is 4.37. The van der Waals surface area contributed by atoms with E-state index in [0.717, 1.165) is 42.5 Å². The fourth-order valence-electron chi connectivity index (χ4n) is 3.63. The summed E-state index contributed by atoms with van der Waals surface area (Å²) >= 11 is 0. The molecule has 2 unspecified atom stereocenters. The smallest absolute Gasteiger partial charge is 0.243 e. The number of para-hydroxylation sites is 2. The van der Waals surface area contributed by atoms with Crippen LogP contribution in [0.2, 0.25) is 0 Å². The van der Waals surface area contributed by atoms with Gasteiger partial charge in [0, 0.05) is 18.0 Å². The first-order valence-electron chi connectivity index (χ1n) is 10.5. The number of fused-ring (bicyclic) bond motifs is 1. The van der Waals surface area contributed by atoms with Gasteiger partial charge >= 0.3 is 0 Å². The van der Waals surface area contributed by atoms with Crippen molar-refractivity contribution in [3.8, 4) is 0 Å². The second-order valence-corrected chi connectivity index (χ2v) is 7.91. The third-order valence-electron chi connectivity index (χ3n) is 5.82. The summed E-state index contributed by atoms with van der Waals surface area (Å²) in [5.74, 6) is 1.08. The largest absolute Gasteiger partial charge is 0.349 e. The number of imidazole rings is 1. The summed E-state index contributed by atoms with van der Waals surface area (Å²) in [7, 11) is 0. The zero-order chi connectivity index (χ0) is 20.3. The second-order valence-electron chi connectivity index (χ2n) is 7.91. The van der Waals surface area contributed by atoms with Crippen LogP contribution < -0.4 is 5.32 Å². The van der Waals surface area contributed by atoms with Crippen molar-refractivity contribution in [1.29, 1.82) is 0 Å². The summed E-state index contributed by atoms with van der Waals surface area (Å²) in [6, 6.07) is 8.21. The maximum Gasteiger partial charge on any atom is 0.243 e. The van der Waals surface area contributed by atoms with Crippen molar-refractivity contribution in [3.05, 3.63) is 30.1 Å². The van der Waals surface area contributed by atoms with Crippen molar-refractivity contribution in [2.75, 3.05) is 0 Å². The normalized spacial score (nSPS) is 16.0. The number of nitrogens with one attached hydrogen (secondary N) is 1. The molecule has 6 nitrogen and oxygen atoms in total. The molecule has 3 rings (SSSR count). The summed E-state index contributed by atoms with van der Waals surface area (Å²) in [5, 5.41) is 2.99. The maximum absolute atomic E-state index is 13.3. The molecule has 1 fully saturated rings. The van der Waals surface area contributed by atoms with Crippen molar-refractivity contribution < 1.29 is 9.59 Å². The summed E-state index contributed by atoms with van der Waals surface area (Å²) in [6.45, 7) is 9.02. The van der Waals surface area contributed by atoms with E-state index in [0.29, 0.717) is 6.54 Å². The van der Waals surface area contributed by atoms with E-state index in [1.165, 1.54) is 0 Å². The number of nitrogens with zero attached hydrogens (tertiary/aromatic N) is 3. The minimum absolute atomic E-state index is 0.0887. The zero-order valence-corrected chi connectivity index (χ0v) is 17.4. The van der Waals surface area contributed by atoms with Gasteiger partial charge in [-0.1, -0.05) is 26.0 Å². The van der Waals surface area contributed by atoms with Gasteiger partial charge in [0.25, 0.3) is 0 Å². The molecular formula is C22H32N4O2. The van der Waals surface area contributed by atoms with E-state index in [1.807, 2.05) is 33.7 Å². The lowest BCUT2D eigenvalue weighted by atomic mass is 10.1. The van der Waals surface area contributed by atoms with Gasteiger partial charge in [0.05, 0.1) is 17.6 Å². The van der Waals surface area contributed by atoms with Gasteiger partial charge in [-0.25, -0.2) is 4.98 Å². The lowest BCUT2D eigenvalue weighted by Crippen LogP contribution is -2.46. The van der Waals surface area contributed by atoms with Crippen LogP contribution >= 0.6 is 0 Å². The van der Waals surface area contributed by atoms with E-state index in [9.17, 15) is 9.59 Å². The molecule has 2 aromatic rings. The van der Waals surface area contributed by atoms with Gasteiger partial charge in [-0.15, -0.1) is 0 Å². The van der Waals surface area contributed by atoms with Crippen LogP contribution in [0.15, 0.2) is 24.3 Å². The van der Waals surface area contributed by atoms with Crippen molar-refractivity contribution >= 4 is 22.8 Å². The Bertz CT molecular complexity index is 830. The van der Waals surface area contributed by atoms with E-state index in [-0.39, 0.29) is 36.4 Å². The highest BCUT2D eigenvalue weighted by Crippen LogP contribution is 2.29. The van der Waals surface area contributed by atoms with Crippen molar-refractivity contribution in [2.24, 2.45) is 5.92 Å². The van der Waals surface area contributed by atoms with Crippen LogP contribution in [0.5, 0.6) is 0 Å². The number of benzene rings is 1. The molecule has 1 heterocycles. The van der Waals surface area contributed by atoms with Gasteiger partial charge in [0.15, 0.2) is 0 Å². The molecule has 1 aliphatic carbocycles. The Kier molecular flexibility index (Phi) is 6.37. The highest BCUT2D eigenvalue weighted by atomic mass is 16.2. The quantitative estimate of drug-likeness (QED) is 0.720. The Hall–Kier alpha value is -2.37. The van der Waals surface area contributed by atoms with E-state index in [2.05, 4.69) is 38.0 Å². The minimum Gasteiger partial charge on any atom is -0.349 e. The molecule has 6 heteroatoms. The second kappa shape index (κ2) is 8.76. The van der Waals surface area contributed by atoms with Gasteiger partial charge in [-0.3, -0.25) is 9.59 Å². The number of aromatic nitrogens is 2. The van der Waals surface area contributed by atoms with Crippen LogP contribution in [0.1, 0.15) is 59.2 Å². The zero-order valence-electron chi connectivity index (χ0n) is 17.4. The maximum atomic E-state index is 13.3. The standard InChI is InChI=1S/C22H32N4O2/c1-5-15(3)26(16(4)6-2)21(27)14-25-19-10-8-7-9-18(19)24-20(25)13-23-22(28)17-11-12-17/h7-10,15-17H,5-6,11-14H2,1-4H3,(H,23,28). The summed E-state index contributed by atoms with van der Waals surface area (Å²) < 4.78 is 1.96. The number of amides is 2. The van der Waals surface area contributed by atoms with Crippen LogP contribution in [0.4, 0.5) is 0 Å². The predicted molar refractivity (Wildman–Crippen MR) is 111 cm³/mol. The van der Waals surface area contributed by atoms with Crippen molar-refractivity contribution in [2.45, 2.75) is 78.6 Å². The predicted octanol–water partition coefficient (Wildman–Crippen LogP) is 3.49. The number of rotatable bonds is 9. The Labute approximate surface area is 167 Å². The summed E-state index contributed by atoms with van der Waals surface area (Å²) in [4.78, 5) is 32.0. The molecule has 0 spiro atoms. The highest BCUT2D eigenvalue weighted by Gasteiger charge is 2.30. The highest BCUT2D eigenvalue weighted by molar-refractivity contribution is 5.82. The van der Waals surface area contributed by atoms with E-state index >= 15 is 0 Å². The Morgan fingerprint density at radius 3 is 2.43 bits per heavy atom. The summed E-state index contributed by atoms with van der Waals surface area (Å²) in [6.07, 6.45) is 3.79. The average molecular weight is 385 g/mol. The van der Waals surface area contributed by atoms with Gasteiger partial charge in [0.2, 0.25) is 11.8 Å². The van der Waals surface area contributed by atoms with E-state index in [1.54, 1.807) is 0 Å². The molecule has 0 saturated heterocycles. The molecule has 152 valence electrons. The number of hydrogen-bond donors (Lipinski definition) is 1. The monoisotopic (exact) mass is 384 g/mol. The fraction of sp³-hybridized carbons (Fsp3) is 0.591. The molecule has 1 aliphatic rings. The first-order chi connectivity index (χ1) is 13.5. The number of carbonyl (C=O) groups excluding carboxylic acids is 2. The molecule has 0 bridgehead atoms. The molecule has 28 heavy (non-hydrogen) atoms. The van der Waals surface area contributed by atoms with Crippen LogP contribution in [-0.4, -0.2) is 38.3 Å². The molecule has 2 amide bonds. The van der Waals surface area contributed by atoms with E-state index < -0.39 is 0 Å². The lowest BCUT2D eigenvalue weighted by molar-refractivity contribution is -0.136. The molecule has 1 N–H and O–H groups in total. The van der Waals surface area contributed by atoms with Crippen LogP contribution in [0, 0.1) is 5.92 Å². The first kappa shape index (κ1) is 20.4. The van der Waals surface area contributed by atoms with E-state index in [4.69, 9.17) is 0 Å². The molecule has 1 saturated carbocycles. The molecule has 0 aliphatic heterocycles. The fourth-order valence-corrected chi connectivity index (χ4v) is 3.63. The SMILES string of the molecule is CCC(C)N(C(=O)Cn1c(CNC(=O)C2CC2)nc2ccccc21)C(C)CC. The topological polar surface area (TPSA) is 67.2 Å². The number of carbonyl (C=O) groups is 2. The molecule has 2 atom stereocenters.